The highest BCUT2D eigenvalue weighted by Gasteiger charge is 2.19. The fourth-order valence-electron chi connectivity index (χ4n) is 9.04. The Morgan fingerprint density at radius 1 is 0.288 bits per heavy atom. The number of ether oxygens (including phenoxy) is 3. The molecule has 1 unspecified atom stereocenters. The van der Waals surface area contributed by atoms with Crippen molar-refractivity contribution in [2.24, 2.45) is 0 Å². The van der Waals surface area contributed by atoms with Crippen molar-refractivity contribution in [1.82, 2.24) is 0 Å². The maximum absolute atomic E-state index is 12.8. The first-order valence-corrected chi connectivity index (χ1v) is 31.4. The van der Waals surface area contributed by atoms with Gasteiger partial charge >= 0.3 is 17.9 Å². The van der Waals surface area contributed by atoms with Crippen molar-refractivity contribution in [2.45, 2.75) is 322 Å². The highest BCUT2D eigenvalue weighted by molar-refractivity contribution is 5.71. The van der Waals surface area contributed by atoms with Gasteiger partial charge in [0.05, 0.1) is 0 Å². The molecule has 0 fully saturated rings. The lowest BCUT2D eigenvalue weighted by Crippen LogP contribution is -2.30. The van der Waals surface area contributed by atoms with Gasteiger partial charge in [-0.1, -0.05) is 299 Å². The van der Waals surface area contributed by atoms with E-state index in [-0.39, 0.29) is 31.1 Å². The summed E-state index contributed by atoms with van der Waals surface area (Å²) in [5.41, 5.74) is 0. The van der Waals surface area contributed by atoms with Crippen LogP contribution in [0.2, 0.25) is 0 Å². The van der Waals surface area contributed by atoms with Crippen molar-refractivity contribution in [3.8, 4) is 0 Å². The molecule has 0 aromatic carbocycles. The molecular formula is C67H118O6. The zero-order chi connectivity index (χ0) is 52.9. The third-order valence-electron chi connectivity index (χ3n) is 13.7. The van der Waals surface area contributed by atoms with Crippen LogP contribution in [-0.4, -0.2) is 37.2 Å². The summed E-state index contributed by atoms with van der Waals surface area (Å²) < 4.78 is 16.9. The predicted molar refractivity (Wildman–Crippen MR) is 316 cm³/mol. The SMILES string of the molecule is CC/C=C\C/C=C\C/C=C\C/C=C\C/C=C\C/C=C\CCCCCCCCCCCCCCC(=O)OCC(COC(=O)CCCCCCCCCCCCCC)OC(=O)CCCCCCCCCCCCCC. The second-order valence-corrected chi connectivity index (χ2v) is 21.0. The minimum atomic E-state index is -0.770. The van der Waals surface area contributed by atoms with E-state index in [2.05, 4.69) is 93.7 Å². The van der Waals surface area contributed by atoms with Gasteiger partial charge in [-0.05, 0) is 70.6 Å². The summed E-state index contributed by atoms with van der Waals surface area (Å²) in [6.07, 6.45) is 79.1. The first-order valence-electron chi connectivity index (χ1n) is 31.4. The summed E-state index contributed by atoms with van der Waals surface area (Å²) in [7, 11) is 0. The Labute approximate surface area is 453 Å². The fraction of sp³-hybridized carbons (Fsp3) is 0.776. The van der Waals surface area contributed by atoms with E-state index in [0.717, 1.165) is 96.3 Å². The summed E-state index contributed by atoms with van der Waals surface area (Å²) in [5.74, 6) is -0.858. The topological polar surface area (TPSA) is 78.9 Å². The average Bonchev–Trinajstić information content (AvgIpc) is 3.39. The Morgan fingerprint density at radius 3 is 0.836 bits per heavy atom. The first-order chi connectivity index (χ1) is 36.0. The van der Waals surface area contributed by atoms with Gasteiger partial charge in [-0.3, -0.25) is 14.4 Å². The summed E-state index contributed by atoms with van der Waals surface area (Å²) in [6, 6.07) is 0. The number of allylic oxidation sites excluding steroid dienone is 12. The molecular weight excluding hydrogens is 901 g/mol. The average molecular weight is 1020 g/mol. The Balaban J connectivity index is 4.14. The van der Waals surface area contributed by atoms with Crippen LogP contribution in [0.25, 0.3) is 0 Å². The fourth-order valence-corrected chi connectivity index (χ4v) is 9.04. The number of hydrogen-bond donors (Lipinski definition) is 0. The molecule has 0 aromatic rings. The van der Waals surface area contributed by atoms with Crippen molar-refractivity contribution in [1.29, 1.82) is 0 Å². The van der Waals surface area contributed by atoms with Crippen LogP contribution in [0.5, 0.6) is 0 Å². The van der Waals surface area contributed by atoms with Gasteiger partial charge in [0.25, 0.3) is 0 Å². The maximum atomic E-state index is 12.8. The zero-order valence-corrected chi connectivity index (χ0v) is 48.4. The van der Waals surface area contributed by atoms with E-state index in [1.54, 1.807) is 0 Å². The van der Waals surface area contributed by atoms with Crippen LogP contribution in [0.4, 0.5) is 0 Å². The summed E-state index contributed by atoms with van der Waals surface area (Å²) in [5, 5.41) is 0. The molecule has 73 heavy (non-hydrogen) atoms. The maximum Gasteiger partial charge on any atom is 0.306 e. The largest absolute Gasteiger partial charge is 0.462 e. The second-order valence-electron chi connectivity index (χ2n) is 21.0. The molecule has 422 valence electrons. The lowest BCUT2D eigenvalue weighted by atomic mass is 10.0. The Bertz CT molecular complexity index is 1360. The monoisotopic (exact) mass is 1020 g/mol. The van der Waals surface area contributed by atoms with E-state index in [9.17, 15) is 14.4 Å². The van der Waals surface area contributed by atoms with Gasteiger partial charge in [0.15, 0.2) is 6.10 Å². The first kappa shape index (κ1) is 69.8. The molecule has 0 radical (unpaired) electrons. The minimum absolute atomic E-state index is 0.0698. The van der Waals surface area contributed by atoms with Gasteiger partial charge in [-0.25, -0.2) is 0 Å². The van der Waals surface area contributed by atoms with E-state index in [4.69, 9.17) is 14.2 Å². The molecule has 0 aliphatic rings. The number of carbonyl (C=O) groups excluding carboxylic acids is 3. The standard InChI is InChI=1S/C67H118O6/c1-4-7-10-13-16-19-22-25-26-27-28-29-30-31-32-33-34-35-36-37-38-39-40-41-42-43-46-48-51-54-57-60-66(69)72-63-64(73-67(70)61-58-55-52-49-45-24-21-18-15-12-9-6-3)62-71-65(68)59-56-53-50-47-44-23-20-17-14-11-8-5-2/h7,10,16,19,25-26,28-29,31-32,34-35,64H,4-6,8-9,11-15,17-18,20-24,27,30,33,36-63H2,1-3H3/b10-7-,19-16-,26-25-,29-28-,32-31-,35-34-. The molecule has 0 saturated heterocycles. The van der Waals surface area contributed by atoms with E-state index in [1.807, 2.05) is 0 Å². The predicted octanol–water partition coefficient (Wildman–Crippen LogP) is 21.3. The highest BCUT2D eigenvalue weighted by Crippen LogP contribution is 2.17. The third kappa shape index (κ3) is 59.6. The molecule has 0 bridgehead atoms. The van der Waals surface area contributed by atoms with Crippen molar-refractivity contribution in [3.63, 3.8) is 0 Å². The molecule has 0 saturated carbocycles. The van der Waals surface area contributed by atoms with Crippen LogP contribution in [0.3, 0.4) is 0 Å². The normalized spacial score (nSPS) is 12.5. The summed E-state index contributed by atoms with van der Waals surface area (Å²) >= 11 is 0. The third-order valence-corrected chi connectivity index (χ3v) is 13.7. The van der Waals surface area contributed by atoms with E-state index < -0.39 is 6.10 Å². The molecule has 0 aromatic heterocycles. The van der Waals surface area contributed by atoms with Crippen LogP contribution in [0, 0.1) is 0 Å². The van der Waals surface area contributed by atoms with E-state index in [0.29, 0.717) is 19.3 Å². The highest BCUT2D eigenvalue weighted by atomic mass is 16.6. The van der Waals surface area contributed by atoms with Crippen LogP contribution in [-0.2, 0) is 28.6 Å². The van der Waals surface area contributed by atoms with Crippen LogP contribution in [0.15, 0.2) is 72.9 Å². The lowest BCUT2D eigenvalue weighted by Gasteiger charge is -2.18. The number of unbranched alkanes of at least 4 members (excludes halogenated alkanes) is 34. The van der Waals surface area contributed by atoms with Crippen LogP contribution < -0.4 is 0 Å². The Morgan fingerprint density at radius 2 is 0.534 bits per heavy atom. The Hall–Kier alpha value is -3.15. The van der Waals surface area contributed by atoms with Gasteiger partial charge in [0.1, 0.15) is 13.2 Å². The molecule has 0 N–H and O–H groups in total. The molecule has 0 aliphatic heterocycles. The van der Waals surface area contributed by atoms with Crippen molar-refractivity contribution in [3.05, 3.63) is 72.9 Å². The molecule has 0 aliphatic carbocycles. The number of rotatable bonds is 57. The van der Waals surface area contributed by atoms with Gasteiger partial charge in [-0.2, -0.15) is 0 Å². The molecule has 0 heterocycles. The van der Waals surface area contributed by atoms with Gasteiger partial charge in [0, 0.05) is 19.3 Å². The summed E-state index contributed by atoms with van der Waals surface area (Å²) in [6.45, 7) is 6.55. The van der Waals surface area contributed by atoms with Gasteiger partial charge < -0.3 is 14.2 Å². The second kappa shape index (κ2) is 61.4. The van der Waals surface area contributed by atoms with Crippen molar-refractivity contribution < 1.29 is 28.6 Å². The van der Waals surface area contributed by atoms with E-state index in [1.165, 1.54) is 180 Å². The van der Waals surface area contributed by atoms with Crippen molar-refractivity contribution in [2.75, 3.05) is 13.2 Å². The molecule has 0 amide bonds. The van der Waals surface area contributed by atoms with Crippen LogP contribution in [0.1, 0.15) is 316 Å². The number of hydrogen-bond acceptors (Lipinski definition) is 6. The quantitative estimate of drug-likeness (QED) is 0.0261. The minimum Gasteiger partial charge on any atom is -0.462 e. The van der Waals surface area contributed by atoms with Crippen molar-refractivity contribution >= 4 is 17.9 Å². The van der Waals surface area contributed by atoms with Crippen LogP contribution >= 0.6 is 0 Å². The van der Waals surface area contributed by atoms with Gasteiger partial charge in [0.2, 0.25) is 0 Å². The smallest absolute Gasteiger partial charge is 0.306 e. The Kier molecular flexibility index (Phi) is 58.7. The lowest BCUT2D eigenvalue weighted by molar-refractivity contribution is -0.167. The molecule has 6 heteroatoms. The number of esters is 3. The molecule has 6 nitrogen and oxygen atoms in total. The molecule has 0 spiro atoms. The molecule has 1 atom stereocenters. The van der Waals surface area contributed by atoms with Gasteiger partial charge in [-0.15, -0.1) is 0 Å². The summed E-state index contributed by atoms with van der Waals surface area (Å²) in [4.78, 5) is 38.1. The molecule has 0 rings (SSSR count). The zero-order valence-electron chi connectivity index (χ0n) is 48.4. The number of carbonyl (C=O) groups is 3. The van der Waals surface area contributed by atoms with E-state index >= 15 is 0 Å².